The molecule has 0 saturated carbocycles. The van der Waals surface area contributed by atoms with Gasteiger partial charge in [-0.25, -0.2) is 4.39 Å². The molecule has 0 radical (unpaired) electrons. The van der Waals surface area contributed by atoms with Crippen molar-refractivity contribution in [3.8, 4) is 0 Å². The van der Waals surface area contributed by atoms with Crippen LogP contribution in [0.15, 0.2) is 42.5 Å². The minimum absolute atomic E-state index is 0.203. The summed E-state index contributed by atoms with van der Waals surface area (Å²) < 4.78 is 13.5. The van der Waals surface area contributed by atoms with Crippen LogP contribution in [0.5, 0.6) is 0 Å². The van der Waals surface area contributed by atoms with E-state index in [0.29, 0.717) is 6.54 Å². The molecule has 0 saturated heterocycles. The summed E-state index contributed by atoms with van der Waals surface area (Å²) in [5.74, 6) is -0.203. The first-order valence-corrected chi connectivity index (χ1v) is 6.57. The highest BCUT2D eigenvalue weighted by Crippen LogP contribution is 2.29. The van der Waals surface area contributed by atoms with Gasteiger partial charge >= 0.3 is 0 Å². The number of nitrogens with two attached hydrogens (primary N) is 1. The molecule has 0 aliphatic carbocycles. The summed E-state index contributed by atoms with van der Waals surface area (Å²) in [4.78, 5) is 2.30. The van der Waals surface area contributed by atoms with Crippen molar-refractivity contribution in [2.24, 2.45) is 5.73 Å². The summed E-state index contributed by atoms with van der Waals surface area (Å²) in [6.45, 7) is 2.11. The minimum Gasteiger partial charge on any atom is -0.367 e. The van der Waals surface area contributed by atoms with Gasteiger partial charge in [-0.1, -0.05) is 24.3 Å². The Morgan fingerprint density at radius 2 is 1.89 bits per heavy atom. The van der Waals surface area contributed by atoms with Crippen LogP contribution in [-0.4, -0.2) is 6.54 Å². The second-order valence-corrected chi connectivity index (χ2v) is 4.97. The number of halogens is 1. The van der Waals surface area contributed by atoms with Gasteiger partial charge in [-0.15, -0.1) is 0 Å². The smallest absolute Gasteiger partial charge is 0.123 e. The van der Waals surface area contributed by atoms with Gasteiger partial charge in [0.1, 0.15) is 5.82 Å². The van der Waals surface area contributed by atoms with Crippen LogP contribution in [0.4, 0.5) is 10.1 Å². The molecule has 0 atom stereocenters. The van der Waals surface area contributed by atoms with Crippen molar-refractivity contribution in [3.63, 3.8) is 0 Å². The van der Waals surface area contributed by atoms with E-state index in [9.17, 15) is 4.39 Å². The van der Waals surface area contributed by atoms with Gasteiger partial charge in [0.15, 0.2) is 0 Å². The highest BCUT2D eigenvalue weighted by Gasteiger charge is 2.18. The number of para-hydroxylation sites is 1. The van der Waals surface area contributed by atoms with Crippen molar-refractivity contribution in [1.82, 2.24) is 0 Å². The zero-order valence-corrected chi connectivity index (χ0v) is 10.8. The summed E-state index contributed by atoms with van der Waals surface area (Å²) in [5.41, 5.74) is 10.1. The maximum absolute atomic E-state index is 13.5. The zero-order chi connectivity index (χ0) is 13.2. The molecule has 0 bridgehead atoms. The highest BCUT2D eigenvalue weighted by atomic mass is 19.1. The lowest BCUT2D eigenvalue weighted by molar-refractivity contribution is 0.622. The molecule has 0 spiro atoms. The van der Waals surface area contributed by atoms with Crippen LogP contribution in [0.1, 0.15) is 16.7 Å². The van der Waals surface area contributed by atoms with Crippen molar-refractivity contribution >= 4 is 5.69 Å². The lowest BCUT2D eigenvalue weighted by atomic mass is 10.1. The van der Waals surface area contributed by atoms with Gasteiger partial charge in [0.25, 0.3) is 0 Å². The van der Waals surface area contributed by atoms with Gasteiger partial charge in [-0.3, -0.25) is 0 Å². The molecule has 0 fully saturated rings. The van der Waals surface area contributed by atoms with E-state index in [1.54, 1.807) is 6.07 Å². The van der Waals surface area contributed by atoms with Crippen LogP contribution in [0, 0.1) is 5.82 Å². The van der Waals surface area contributed by atoms with E-state index >= 15 is 0 Å². The number of benzene rings is 2. The summed E-state index contributed by atoms with van der Waals surface area (Å²) >= 11 is 0. The molecular weight excluding hydrogens is 239 g/mol. The number of hydrogen-bond acceptors (Lipinski definition) is 2. The Bertz CT molecular complexity index is 595. The van der Waals surface area contributed by atoms with E-state index < -0.39 is 0 Å². The third kappa shape index (κ3) is 2.47. The lowest BCUT2D eigenvalue weighted by Crippen LogP contribution is -2.19. The average molecular weight is 256 g/mol. The number of rotatable bonds is 3. The van der Waals surface area contributed by atoms with Crippen LogP contribution in [0.25, 0.3) is 0 Å². The molecule has 2 aromatic rings. The number of nitrogens with zero attached hydrogens (tertiary/aromatic N) is 1. The van der Waals surface area contributed by atoms with Crippen LogP contribution < -0.4 is 10.6 Å². The maximum atomic E-state index is 13.5. The van der Waals surface area contributed by atoms with Gasteiger partial charge in [-0.2, -0.15) is 0 Å². The summed E-state index contributed by atoms with van der Waals surface area (Å²) in [7, 11) is 0. The fraction of sp³-hybridized carbons (Fsp3) is 0.250. The summed E-state index contributed by atoms with van der Waals surface area (Å²) in [6, 6.07) is 13.5. The first-order chi connectivity index (χ1) is 9.26. The van der Waals surface area contributed by atoms with Crippen LogP contribution in [0.2, 0.25) is 0 Å². The quantitative estimate of drug-likeness (QED) is 0.915. The fourth-order valence-electron chi connectivity index (χ4n) is 2.72. The molecule has 0 unspecified atom stereocenters. The standard InChI is InChI=1S/C16H17FN2/c17-15-8-12(10-18)7-13(9-15)11-19-6-5-14-3-1-2-4-16(14)19/h1-4,7-9H,5-6,10-11,18H2. The molecular formula is C16H17FN2. The third-order valence-corrected chi connectivity index (χ3v) is 3.61. The topological polar surface area (TPSA) is 29.3 Å². The predicted octanol–water partition coefficient (Wildman–Crippen LogP) is 2.85. The molecule has 1 heterocycles. The van der Waals surface area contributed by atoms with Crippen LogP contribution in [-0.2, 0) is 19.5 Å². The first-order valence-electron chi connectivity index (χ1n) is 6.57. The highest BCUT2D eigenvalue weighted by molar-refractivity contribution is 5.58. The van der Waals surface area contributed by atoms with Crippen molar-refractivity contribution in [2.75, 3.05) is 11.4 Å². The summed E-state index contributed by atoms with van der Waals surface area (Å²) in [6.07, 6.45) is 1.06. The predicted molar refractivity (Wildman–Crippen MR) is 75.5 cm³/mol. The molecule has 0 amide bonds. The Kier molecular flexibility index (Phi) is 3.22. The zero-order valence-electron chi connectivity index (χ0n) is 10.8. The van der Waals surface area contributed by atoms with Crippen molar-refractivity contribution in [1.29, 1.82) is 0 Å². The average Bonchev–Trinajstić information content (AvgIpc) is 2.82. The van der Waals surface area contributed by atoms with E-state index in [4.69, 9.17) is 5.73 Å². The second-order valence-electron chi connectivity index (χ2n) is 4.97. The Balaban J connectivity index is 1.85. The maximum Gasteiger partial charge on any atom is 0.123 e. The van der Waals surface area contributed by atoms with Gasteiger partial charge in [0.2, 0.25) is 0 Å². The van der Waals surface area contributed by atoms with Crippen molar-refractivity contribution in [3.05, 3.63) is 65.0 Å². The molecule has 3 heteroatoms. The van der Waals surface area contributed by atoms with Crippen LogP contribution >= 0.6 is 0 Å². The largest absolute Gasteiger partial charge is 0.367 e. The molecule has 1 aliphatic rings. The van der Waals surface area contributed by atoms with E-state index in [-0.39, 0.29) is 5.82 Å². The van der Waals surface area contributed by atoms with Crippen LogP contribution in [0.3, 0.4) is 0 Å². The minimum atomic E-state index is -0.203. The molecule has 2 aromatic carbocycles. The fourth-order valence-corrected chi connectivity index (χ4v) is 2.72. The monoisotopic (exact) mass is 256 g/mol. The Morgan fingerprint density at radius 3 is 2.74 bits per heavy atom. The van der Waals surface area contributed by atoms with Crippen molar-refractivity contribution < 1.29 is 4.39 Å². The molecule has 19 heavy (non-hydrogen) atoms. The third-order valence-electron chi connectivity index (χ3n) is 3.61. The van der Waals surface area contributed by atoms with E-state index in [1.807, 2.05) is 12.1 Å². The lowest BCUT2D eigenvalue weighted by Gasteiger charge is -2.20. The van der Waals surface area contributed by atoms with Gasteiger partial charge in [0.05, 0.1) is 0 Å². The van der Waals surface area contributed by atoms with E-state index in [2.05, 4.69) is 23.1 Å². The number of anilines is 1. The molecule has 98 valence electrons. The van der Waals surface area contributed by atoms with Gasteiger partial charge < -0.3 is 10.6 Å². The van der Waals surface area contributed by atoms with Gasteiger partial charge in [0, 0.05) is 25.3 Å². The number of hydrogen-bond donors (Lipinski definition) is 1. The normalized spacial score (nSPS) is 13.7. The summed E-state index contributed by atoms with van der Waals surface area (Å²) in [5, 5.41) is 0. The molecule has 1 aliphatic heterocycles. The molecule has 3 rings (SSSR count). The second kappa shape index (κ2) is 5.02. The van der Waals surface area contributed by atoms with Gasteiger partial charge in [-0.05, 0) is 41.3 Å². The molecule has 2 N–H and O–H groups in total. The Hall–Kier alpha value is -1.87. The van der Waals surface area contributed by atoms with Crippen molar-refractivity contribution in [2.45, 2.75) is 19.5 Å². The number of fused-ring (bicyclic) bond motifs is 1. The SMILES string of the molecule is NCc1cc(F)cc(CN2CCc3ccccc32)c1. The molecule has 2 nitrogen and oxygen atoms in total. The van der Waals surface area contributed by atoms with E-state index in [1.165, 1.54) is 17.3 Å². The Morgan fingerprint density at radius 1 is 1.11 bits per heavy atom. The van der Waals surface area contributed by atoms with E-state index in [0.717, 1.165) is 30.6 Å². The first kappa shape index (κ1) is 12.2. The molecule has 0 aromatic heterocycles. The Labute approximate surface area is 112 Å².